The van der Waals surface area contributed by atoms with Gasteiger partial charge in [-0.15, -0.1) is 0 Å². The fourth-order valence-electron chi connectivity index (χ4n) is 1.67. The molecule has 0 unspecified atom stereocenters. The van der Waals surface area contributed by atoms with E-state index < -0.39 is 0 Å². The zero-order valence-corrected chi connectivity index (χ0v) is 10.7. The van der Waals surface area contributed by atoms with Gasteiger partial charge >= 0.3 is 0 Å². The average molecular weight is 237 g/mol. The second-order valence-corrected chi connectivity index (χ2v) is 5.19. The molecule has 16 heavy (non-hydrogen) atoms. The first-order chi connectivity index (χ1) is 7.39. The Morgan fingerprint density at radius 3 is 2.62 bits per heavy atom. The van der Waals surface area contributed by atoms with Crippen LogP contribution in [0.2, 0.25) is 0 Å². The molecule has 0 atom stereocenters. The number of aromatic nitrogens is 3. The minimum Gasteiger partial charge on any atom is -0.469 e. The van der Waals surface area contributed by atoms with Crippen molar-refractivity contribution in [3.8, 4) is 11.4 Å². The van der Waals surface area contributed by atoms with Crippen LogP contribution in [-0.4, -0.2) is 14.8 Å². The Hall–Kier alpha value is -1.36. The average Bonchev–Trinajstić information content (AvgIpc) is 2.70. The van der Waals surface area contributed by atoms with Crippen molar-refractivity contribution in [3.05, 3.63) is 22.9 Å². The third-order valence-electron chi connectivity index (χ3n) is 2.33. The number of hydrogen-bond acceptors (Lipinski definition) is 3. The Kier molecular flexibility index (Phi) is 2.50. The first-order valence-corrected chi connectivity index (χ1v) is 5.54. The van der Waals surface area contributed by atoms with E-state index in [9.17, 15) is 0 Å². The van der Waals surface area contributed by atoms with Crippen molar-refractivity contribution >= 4 is 12.2 Å². The minimum absolute atomic E-state index is 0.107. The molecule has 0 fully saturated rings. The minimum atomic E-state index is -0.107. The van der Waals surface area contributed by atoms with Crippen molar-refractivity contribution in [1.29, 1.82) is 0 Å². The monoisotopic (exact) mass is 237 g/mol. The number of nitrogens with zero attached hydrogens (tertiary/aromatic N) is 2. The Morgan fingerprint density at radius 2 is 2.12 bits per heavy atom. The summed E-state index contributed by atoms with van der Waals surface area (Å²) in [6.07, 6.45) is 1.70. The van der Waals surface area contributed by atoms with Crippen LogP contribution < -0.4 is 0 Å². The van der Waals surface area contributed by atoms with E-state index >= 15 is 0 Å². The SMILES string of the molecule is Cc1cc(-c2n[nH]c(=S)n2C(C)(C)C)co1. The maximum absolute atomic E-state index is 5.29. The van der Waals surface area contributed by atoms with Gasteiger partial charge in [-0.1, -0.05) is 0 Å². The van der Waals surface area contributed by atoms with Gasteiger partial charge < -0.3 is 4.42 Å². The number of rotatable bonds is 1. The smallest absolute Gasteiger partial charge is 0.195 e. The predicted octanol–water partition coefficient (Wildman–Crippen LogP) is 3.26. The first-order valence-electron chi connectivity index (χ1n) is 5.13. The van der Waals surface area contributed by atoms with E-state index in [0.717, 1.165) is 17.1 Å². The van der Waals surface area contributed by atoms with Crippen LogP contribution in [0.3, 0.4) is 0 Å². The molecule has 0 saturated carbocycles. The van der Waals surface area contributed by atoms with Crippen LogP contribution in [-0.2, 0) is 5.54 Å². The number of aryl methyl sites for hydroxylation is 1. The number of furan rings is 1. The second kappa shape index (κ2) is 3.59. The van der Waals surface area contributed by atoms with E-state index in [-0.39, 0.29) is 5.54 Å². The molecule has 86 valence electrons. The Morgan fingerprint density at radius 1 is 1.44 bits per heavy atom. The lowest BCUT2D eigenvalue weighted by atomic mass is 10.1. The third-order valence-corrected chi connectivity index (χ3v) is 2.61. The molecular weight excluding hydrogens is 222 g/mol. The van der Waals surface area contributed by atoms with Crippen LogP contribution in [0.5, 0.6) is 0 Å². The van der Waals surface area contributed by atoms with Gasteiger partial charge in [-0.25, -0.2) is 0 Å². The van der Waals surface area contributed by atoms with Crippen LogP contribution in [0.4, 0.5) is 0 Å². The van der Waals surface area contributed by atoms with Crippen molar-refractivity contribution in [1.82, 2.24) is 14.8 Å². The maximum Gasteiger partial charge on any atom is 0.195 e. The molecular formula is C11H15N3OS. The summed E-state index contributed by atoms with van der Waals surface area (Å²) in [5.74, 6) is 1.68. The summed E-state index contributed by atoms with van der Waals surface area (Å²) in [4.78, 5) is 0. The van der Waals surface area contributed by atoms with Crippen LogP contribution in [0.15, 0.2) is 16.7 Å². The summed E-state index contributed by atoms with van der Waals surface area (Å²) in [6.45, 7) is 8.18. The van der Waals surface area contributed by atoms with E-state index in [4.69, 9.17) is 16.6 Å². The van der Waals surface area contributed by atoms with Gasteiger partial charge in [0, 0.05) is 5.54 Å². The van der Waals surface area contributed by atoms with E-state index in [1.807, 2.05) is 17.6 Å². The van der Waals surface area contributed by atoms with Crippen LogP contribution in [0.1, 0.15) is 26.5 Å². The molecule has 0 aromatic carbocycles. The van der Waals surface area contributed by atoms with Crippen molar-refractivity contribution in [2.45, 2.75) is 33.2 Å². The van der Waals surface area contributed by atoms with Gasteiger partial charge in [0.05, 0.1) is 5.56 Å². The van der Waals surface area contributed by atoms with E-state index in [0.29, 0.717) is 4.77 Å². The van der Waals surface area contributed by atoms with Gasteiger partial charge in [0.25, 0.3) is 0 Å². The van der Waals surface area contributed by atoms with Gasteiger partial charge in [-0.2, -0.15) is 5.10 Å². The van der Waals surface area contributed by atoms with Crippen LogP contribution >= 0.6 is 12.2 Å². The molecule has 0 saturated heterocycles. The lowest BCUT2D eigenvalue weighted by Crippen LogP contribution is -2.22. The quantitative estimate of drug-likeness (QED) is 0.774. The Labute approximate surface area is 99.3 Å². The lowest BCUT2D eigenvalue weighted by molar-refractivity contribution is 0.395. The van der Waals surface area contributed by atoms with Gasteiger partial charge in [0.15, 0.2) is 10.6 Å². The molecule has 2 rings (SSSR count). The number of nitrogens with one attached hydrogen (secondary N) is 1. The highest BCUT2D eigenvalue weighted by molar-refractivity contribution is 7.71. The predicted molar refractivity (Wildman–Crippen MR) is 64.8 cm³/mol. The topological polar surface area (TPSA) is 46.8 Å². The molecule has 4 nitrogen and oxygen atoms in total. The number of H-pyrrole nitrogens is 1. The second-order valence-electron chi connectivity index (χ2n) is 4.80. The zero-order chi connectivity index (χ0) is 11.9. The van der Waals surface area contributed by atoms with E-state index in [1.165, 1.54) is 0 Å². The molecule has 5 heteroatoms. The molecule has 0 aliphatic heterocycles. The molecule has 0 bridgehead atoms. The molecule has 0 radical (unpaired) electrons. The van der Waals surface area contributed by atoms with Crippen molar-refractivity contribution in [2.75, 3.05) is 0 Å². The summed E-state index contributed by atoms with van der Waals surface area (Å²) < 4.78 is 7.91. The van der Waals surface area contributed by atoms with Crippen LogP contribution in [0, 0.1) is 11.7 Å². The largest absolute Gasteiger partial charge is 0.469 e. The third kappa shape index (κ3) is 1.82. The number of hydrogen-bond donors (Lipinski definition) is 1. The molecule has 2 aromatic rings. The van der Waals surface area contributed by atoms with Crippen molar-refractivity contribution in [2.24, 2.45) is 0 Å². The van der Waals surface area contributed by atoms with Gasteiger partial charge in [-0.3, -0.25) is 9.67 Å². The molecule has 0 amide bonds. The summed E-state index contributed by atoms with van der Waals surface area (Å²) in [7, 11) is 0. The molecule has 2 heterocycles. The van der Waals surface area contributed by atoms with Gasteiger partial charge in [-0.05, 0) is 46.0 Å². The maximum atomic E-state index is 5.29. The van der Waals surface area contributed by atoms with Crippen molar-refractivity contribution in [3.63, 3.8) is 0 Å². The fraction of sp³-hybridized carbons (Fsp3) is 0.455. The van der Waals surface area contributed by atoms with Crippen LogP contribution in [0.25, 0.3) is 11.4 Å². The zero-order valence-electron chi connectivity index (χ0n) is 9.87. The fourth-order valence-corrected chi connectivity index (χ4v) is 2.08. The standard InChI is InChI=1S/C11H15N3OS/c1-7-5-8(6-15-7)9-12-13-10(16)14(9)11(2,3)4/h5-6H,1-4H3,(H,13,16). The van der Waals surface area contributed by atoms with E-state index in [1.54, 1.807) is 6.26 Å². The highest BCUT2D eigenvalue weighted by Crippen LogP contribution is 2.25. The normalized spacial score (nSPS) is 12.0. The lowest BCUT2D eigenvalue weighted by Gasteiger charge is -2.21. The summed E-state index contributed by atoms with van der Waals surface area (Å²) in [6, 6.07) is 1.95. The Bertz CT molecular complexity index is 556. The molecule has 1 N–H and O–H groups in total. The molecule has 0 aliphatic carbocycles. The Balaban J connectivity index is 2.63. The van der Waals surface area contributed by atoms with E-state index in [2.05, 4.69) is 31.0 Å². The molecule has 2 aromatic heterocycles. The summed E-state index contributed by atoms with van der Waals surface area (Å²) >= 11 is 5.24. The summed E-state index contributed by atoms with van der Waals surface area (Å²) in [5.41, 5.74) is 0.838. The summed E-state index contributed by atoms with van der Waals surface area (Å²) in [5, 5.41) is 7.08. The highest BCUT2D eigenvalue weighted by Gasteiger charge is 2.21. The van der Waals surface area contributed by atoms with Crippen molar-refractivity contribution < 1.29 is 4.42 Å². The molecule has 0 aliphatic rings. The molecule has 0 spiro atoms. The van der Waals surface area contributed by atoms with Gasteiger partial charge in [0.2, 0.25) is 0 Å². The first kappa shape index (κ1) is 11.1. The van der Waals surface area contributed by atoms with Gasteiger partial charge in [0.1, 0.15) is 12.0 Å². The highest BCUT2D eigenvalue weighted by atomic mass is 32.1. The number of aromatic amines is 1.